The number of unbranched alkanes of at least 4 members (excludes halogenated alkanes) is 4. The number of rotatable bonds is 10. The Balaban J connectivity index is 2.43. The van der Waals surface area contributed by atoms with Gasteiger partial charge in [-0.25, -0.2) is 9.18 Å². The molecule has 1 aromatic carbocycles. The van der Waals surface area contributed by atoms with Crippen LogP contribution in [0.5, 0.6) is 0 Å². The van der Waals surface area contributed by atoms with E-state index in [1.54, 1.807) is 0 Å². The van der Waals surface area contributed by atoms with Crippen LogP contribution in [-0.4, -0.2) is 23.0 Å². The highest BCUT2D eigenvalue weighted by Crippen LogP contribution is 2.09. The topological polar surface area (TPSA) is 66.4 Å². The van der Waals surface area contributed by atoms with E-state index in [0.717, 1.165) is 32.1 Å². The Labute approximate surface area is 130 Å². The van der Waals surface area contributed by atoms with Crippen molar-refractivity contribution in [3.63, 3.8) is 0 Å². The third-order valence-corrected chi connectivity index (χ3v) is 3.36. The van der Waals surface area contributed by atoms with Gasteiger partial charge in [0.1, 0.15) is 11.9 Å². The summed E-state index contributed by atoms with van der Waals surface area (Å²) in [6.07, 6.45) is 6.93. The number of halogens is 1. The lowest BCUT2D eigenvalue weighted by Crippen LogP contribution is -2.40. The molecule has 4 nitrogen and oxygen atoms in total. The highest BCUT2D eigenvalue weighted by molar-refractivity contribution is 5.96. The van der Waals surface area contributed by atoms with E-state index in [2.05, 4.69) is 11.9 Å². The van der Waals surface area contributed by atoms with Crippen LogP contribution in [0, 0.1) is 5.82 Å². The number of carboxylic acids is 1. The predicted octanol–water partition coefficient (Wildman–Crippen LogP) is 3.54. The Bertz CT molecular complexity index is 499. The zero-order valence-corrected chi connectivity index (χ0v) is 12.6. The van der Waals surface area contributed by atoms with Gasteiger partial charge in [-0.1, -0.05) is 25.3 Å². The van der Waals surface area contributed by atoms with E-state index in [1.807, 2.05) is 6.08 Å². The van der Waals surface area contributed by atoms with Crippen LogP contribution in [0.4, 0.5) is 4.39 Å². The van der Waals surface area contributed by atoms with Gasteiger partial charge in [-0.15, -0.1) is 6.58 Å². The second kappa shape index (κ2) is 9.71. The second-order valence-electron chi connectivity index (χ2n) is 5.15. The lowest BCUT2D eigenvalue weighted by atomic mass is 10.1. The molecule has 0 unspecified atom stereocenters. The van der Waals surface area contributed by atoms with E-state index in [-0.39, 0.29) is 5.56 Å². The molecule has 22 heavy (non-hydrogen) atoms. The first-order chi connectivity index (χ1) is 10.5. The Morgan fingerprint density at radius 3 is 2.41 bits per heavy atom. The average Bonchev–Trinajstić information content (AvgIpc) is 2.49. The molecule has 0 radical (unpaired) electrons. The molecule has 0 aromatic heterocycles. The van der Waals surface area contributed by atoms with Gasteiger partial charge in [0.05, 0.1) is 0 Å². The fraction of sp³-hybridized carbons (Fsp3) is 0.412. The molecule has 1 rings (SSSR count). The Morgan fingerprint density at radius 1 is 1.18 bits per heavy atom. The number of carbonyl (C=O) groups excluding carboxylic acids is 1. The third kappa shape index (κ3) is 6.52. The Morgan fingerprint density at radius 2 is 1.82 bits per heavy atom. The quantitative estimate of drug-likeness (QED) is 0.513. The predicted molar refractivity (Wildman–Crippen MR) is 83.2 cm³/mol. The molecule has 0 heterocycles. The molecule has 2 N–H and O–H groups in total. The maximum Gasteiger partial charge on any atom is 0.326 e. The van der Waals surface area contributed by atoms with Crippen molar-refractivity contribution >= 4 is 11.9 Å². The number of nitrogens with one attached hydrogen (secondary N) is 1. The minimum Gasteiger partial charge on any atom is -0.480 e. The first kappa shape index (κ1) is 17.9. The van der Waals surface area contributed by atoms with Gasteiger partial charge in [0.15, 0.2) is 0 Å². The normalized spacial score (nSPS) is 11.7. The molecule has 0 saturated heterocycles. The molecule has 0 aliphatic rings. The SMILES string of the molecule is C=CCCCCCC[C@@H](NC(=O)c1ccc(F)cc1)C(=O)O. The van der Waals surface area contributed by atoms with Crippen LogP contribution >= 0.6 is 0 Å². The highest BCUT2D eigenvalue weighted by Gasteiger charge is 2.20. The number of aliphatic carboxylic acids is 1. The lowest BCUT2D eigenvalue weighted by molar-refractivity contribution is -0.139. The van der Waals surface area contributed by atoms with Gasteiger partial charge in [-0.05, 0) is 43.5 Å². The summed E-state index contributed by atoms with van der Waals surface area (Å²) >= 11 is 0. The number of carboxylic acid groups (broad SMARTS) is 1. The fourth-order valence-corrected chi connectivity index (χ4v) is 2.09. The van der Waals surface area contributed by atoms with Crippen LogP contribution in [0.2, 0.25) is 0 Å². The van der Waals surface area contributed by atoms with Gasteiger partial charge in [-0.3, -0.25) is 4.79 Å². The van der Waals surface area contributed by atoms with Gasteiger partial charge >= 0.3 is 5.97 Å². The van der Waals surface area contributed by atoms with Crippen LogP contribution in [-0.2, 0) is 4.79 Å². The molecular weight excluding hydrogens is 285 g/mol. The van der Waals surface area contributed by atoms with Crippen molar-refractivity contribution in [1.82, 2.24) is 5.32 Å². The van der Waals surface area contributed by atoms with Gasteiger partial charge in [-0.2, -0.15) is 0 Å². The standard InChI is InChI=1S/C17H22FNO3/c1-2-3-4-5-6-7-8-15(17(21)22)19-16(20)13-9-11-14(18)12-10-13/h2,9-12,15H,1,3-8H2,(H,19,20)(H,21,22)/t15-/m1/s1. The molecule has 0 bridgehead atoms. The summed E-state index contributed by atoms with van der Waals surface area (Å²) in [5.41, 5.74) is 0.249. The number of amides is 1. The van der Waals surface area contributed by atoms with Crippen molar-refractivity contribution < 1.29 is 19.1 Å². The number of carbonyl (C=O) groups is 2. The highest BCUT2D eigenvalue weighted by atomic mass is 19.1. The molecule has 0 fully saturated rings. The molecular formula is C17H22FNO3. The van der Waals surface area contributed by atoms with Crippen molar-refractivity contribution in [3.8, 4) is 0 Å². The lowest BCUT2D eigenvalue weighted by Gasteiger charge is -2.14. The van der Waals surface area contributed by atoms with Crippen molar-refractivity contribution in [3.05, 3.63) is 48.3 Å². The monoisotopic (exact) mass is 307 g/mol. The van der Waals surface area contributed by atoms with E-state index in [4.69, 9.17) is 5.11 Å². The van der Waals surface area contributed by atoms with E-state index >= 15 is 0 Å². The average molecular weight is 307 g/mol. The maximum absolute atomic E-state index is 12.8. The Hall–Kier alpha value is -2.17. The zero-order chi connectivity index (χ0) is 16.4. The number of allylic oxidation sites excluding steroid dienone is 1. The summed E-state index contributed by atoms with van der Waals surface area (Å²) in [6.45, 7) is 3.65. The van der Waals surface area contributed by atoms with E-state index in [1.165, 1.54) is 24.3 Å². The molecule has 1 aromatic rings. The summed E-state index contributed by atoms with van der Waals surface area (Å²) in [5.74, 6) is -1.99. The smallest absolute Gasteiger partial charge is 0.326 e. The molecule has 0 aliphatic heterocycles. The maximum atomic E-state index is 12.8. The van der Waals surface area contributed by atoms with Gasteiger partial charge in [0.25, 0.3) is 5.91 Å². The van der Waals surface area contributed by atoms with E-state index in [0.29, 0.717) is 6.42 Å². The number of hydrogen-bond donors (Lipinski definition) is 2. The molecule has 0 aliphatic carbocycles. The van der Waals surface area contributed by atoms with Gasteiger partial charge < -0.3 is 10.4 Å². The van der Waals surface area contributed by atoms with Gasteiger partial charge in [0.2, 0.25) is 0 Å². The largest absolute Gasteiger partial charge is 0.480 e. The molecule has 0 spiro atoms. The van der Waals surface area contributed by atoms with Crippen molar-refractivity contribution in [2.45, 2.75) is 44.6 Å². The summed E-state index contributed by atoms with van der Waals surface area (Å²) in [5, 5.41) is 11.6. The number of benzene rings is 1. The third-order valence-electron chi connectivity index (χ3n) is 3.36. The summed E-state index contributed by atoms with van der Waals surface area (Å²) in [6, 6.07) is 4.09. The minimum atomic E-state index is -1.05. The van der Waals surface area contributed by atoms with Crippen molar-refractivity contribution in [2.24, 2.45) is 0 Å². The summed E-state index contributed by atoms with van der Waals surface area (Å²) in [4.78, 5) is 23.1. The zero-order valence-electron chi connectivity index (χ0n) is 12.6. The van der Waals surface area contributed by atoms with Crippen molar-refractivity contribution in [2.75, 3.05) is 0 Å². The molecule has 1 amide bonds. The fourth-order valence-electron chi connectivity index (χ4n) is 2.09. The molecule has 120 valence electrons. The summed E-state index contributed by atoms with van der Waals surface area (Å²) in [7, 11) is 0. The van der Waals surface area contributed by atoms with Crippen LogP contribution < -0.4 is 5.32 Å². The molecule has 5 heteroatoms. The first-order valence-corrected chi connectivity index (χ1v) is 7.44. The summed E-state index contributed by atoms with van der Waals surface area (Å²) < 4.78 is 12.8. The van der Waals surface area contributed by atoms with Crippen LogP contribution in [0.3, 0.4) is 0 Å². The van der Waals surface area contributed by atoms with Crippen LogP contribution in [0.15, 0.2) is 36.9 Å². The van der Waals surface area contributed by atoms with Crippen LogP contribution in [0.25, 0.3) is 0 Å². The molecule has 1 atom stereocenters. The minimum absolute atomic E-state index is 0.249. The first-order valence-electron chi connectivity index (χ1n) is 7.44. The van der Waals surface area contributed by atoms with Crippen LogP contribution in [0.1, 0.15) is 48.9 Å². The van der Waals surface area contributed by atoms with E-state index < -0.39 is 23.7 Å². The number of hydrogen-bond acceptors (Lipinski definition) is 2. The van der Waals surface area contributed by atoms with Gasteiger partial charge in [0, 0.05) is 5.56 Å². The Kier molecular flexibility index (Phi) is 7.89. The molecule has 0 saturated carbocycles. The van der Waals surface area contributed by atoms with Crippen molar-refractivity contribution in [1.29, 1.82) is 0 Å². The van der Waals surface area contributed by atoms with E-state index in [9.17, 15) is 14.0 Å². The second-order valence-corrected chi connectivity index (χ2v) is 5.15.